The molecule has 1 aromatic rings. The predicted octanol–water partition coefficient (Wildman–Crippen LogP) is 3.39. The van der Waals surface area contributed by atoms with Crippen LogP contribution in [0.25, 0.3) is 0 Å². The second kappa shape index (κ2) is 6.36. The molecule has 0 aromatic heterocycles. The number of phenolic OH excluding ortho intramolecular Hbond substituents is 1. The minimum atomic E-state index is -0.102. The first-order valence-electron chi connectivity index (χ1n) is 9.47. The van der Waals surface area contributed by atoms with Gasteiger partial charge in [0, 0.05) is 24.7 Å². The van der Waals surface area contributed by atoms with E-state index < -0.39 is 0 Å². The Bertz CT molecular complexity index is 688. The van der Waals surface area contributed by atoms with Gasteiger partial charge in [0.25, 0.3) is 5.91 Å². The SMILES string of the molecule is CCC(=O)Nc1ccc(O)c(C(=O)N2CC3CC4CC(C3)CC2C4)c1. The Hall–Kier alpha value is -2.04. The fourth-order valence-corrected chi connectivity index (χ4v) is 5.22. The van der Waals surface area contributed by atoms with Gasteiger partial charge in [-0.25, -0.2) is 0 Å². The van der Waals surface area contributed by atoms with Gasteiger partial charge >= 0.3 is 0 Å². The summed E-state index contributed by atoms with van der Waals surface area (Å²) >= 11 is 0. The number of nitrogens with zero attached hydrogens (tertiary/aromatic N) is 1. The quantitative estimate of drug-likeness (QED) is 0.827. The fourth-order valence-electron chi connectivity index (χ4n) is 5.22. The van der Waals surface area contributed by atoms with Crippen molar-refractivity contribution in [1.82, 2.24) is 4.90 Å². The molecule has 134 valence electrons. The van der Waals surface area contributed by atoms with Crippen molar-refractivity contribution in [2.45, 2.75) is 51.5 Å². The third-order valence-electron chi connectivity index (χ3n) is 6.20. The molecule has 25 heavy (non-hydrogen) atoms. The molecule has 2 atom stereocenters. The molecular weight excluding hydrogens is 316 g/mol. The average Bonchev–Trinajstić information content (AvgIpc) is 2.79. The summed E-state index contributed by atoms with van der Waals surface area (Å²) in [5.41, 5.74) is 0.865. The third kappa shape index (κ3) is 3.12. The highest BCUT2D eigenvalue weighted by atomic mass is 16.3. The maximum Gasteiger partial charge on any atom is 0.257 e. The molecular formula is C20H26N2O3. The van der Waals surface area contributed by atoms with Gasteiger partial charge in [-0.3, -0.25) is 9.59 Å². The summed E-state index contributed by atoms with van der Waals surface area (Å²) in [5, 5.41) is 13.0. The van der Waals surface area contributed by atoms with E-state index in [9.17, 15) is 14.7 Å². The standard InChI is InChI=1S/C20H26N2O3/c1-2-19(24)21-15-3-4-18(23)17(10-15)20(25)22-11-14-6-12-5-13(7-14)9-16(22)8-12/h3-4,10,12-14,16,23H,2,5-9,11H2,1H3,(H,21,24). The first kappa shape index (κ1) is 16.4. The van der Waals surface area contributed by atoms with Crippen molar-refractivity contribution in [1.29, 1.82) is 0 Å². The Morgan fingerprint density at radius 1 is 1.12 bits per heavy atom. The molecule has 2 N–H and O–H groups in total. The molecule has 2 unspecified atom stereocenters. The zero-order valence-electron chi connectivity index (χ0n) is 14.7. The Kier molecular flexibility index (Phi) is 4.18. The third-order valence-corrected chi connectivity index (χ3v) is 6.20. The van der Waals surface area contributed by atoms with Gasteiger partial charge in [-0.05, 0) is 68.1 Å². The van der Waals surface area contributed by atoms with Crippen LogP contribution in [0.2, 0.25) is 0 Å². The van der Waals surface area contributed by atoms with E-state index in [-0.39, 0.29) is 17.6 Å². The second-order valence-electron chi connectivity index (χ2n) is 8.02. The second-order valence-corrected chi connectivity index (χ2v) is 8.02. The summed E-state index contributed by atoms with van der Waals surface area (Å²) in [7, 11) is 0. The van der Waals surface area contributed by atoms with Crippen LogP contribution in [0.1, 0.15) is 55.8 Å². The van der Waals surface area contributed by atoms with Crippen molar-refractivity contribution in [3.63, 3.8) is 0 Å². The summed E-state index contributed by atoms with van der Waals surface area (Å²) in [6, 6.07) is 5.05. The minimum Gasteiger partial charge on any atom is -0.507 e. The van der Waals surface area contributed by atoms with Crippen LogP contribution >= 0.6 is 0 Å². The van der Waals surface area contributed by atoms with Gasteiger partial charge in [-0.2, -0.15) is 0 Å². The zero-order valence-corrected chi connectivity index (χ0v) is 14.7. The monoisotopic (exact) mass is 342 g/mol. The zero-order chi connectivity index (χ0) is 17.6. The number of hydrogen-bond acceptors (Lipinski definition) is 3. The molecule has 5 rings (SSSR count). The summed E-state index contributed by atoms with van der Waals surface area (Å²) in [4.78, 5) is 26.8. The number of anilines is 1. The van der Waals surface area contributed by atoms with Gasteiger partial charge in [0.2, 0.25) is 5.91 Å². The van der Waals surface area contributed by atoms with Gasteiger partial charge in [0.15, 0.2) is 0 Å². The first-order valence-corrected chi connectivity index (χ1v) is 9.47. The Morgan fingerprint density at radius 3 is 2.48 bits per heavy atom. The highest BCUT2D eigenvalue weighted by Gasteiger charge is 2.44. The fraction of sp³-hybridized carbons (Fsp3) is 0.600. The van der Waals surface area contributed by atoms with Crippen LogP contribution in [-0.4, -0.2) is 34.4 Å². The van der Waals surface area contributed by atoms with Crippen molar-refractivity contribution < 1.29 is 14.7 Å². The molecule has 4 aliphatic rings. The van der Waals surface area contributed by atoms with Crippen LogP contribution in [0.3, 0.4) is 0 Å². The normalized spacial score (nSPS) is 30.2. The molecule has 2 aliphatic carbocycles. The molecule has 2 heterocycles. The smallest absolute Gasteiger partial charge is 0.257 e. The molecule has 2 saturated carbocycles. The molecule has 1 aromatic carbocycles. The molecule has 2 aliphatic heterocycles. The highest BCUT2D eigenvalue weighted by Crippen LogP contribution is 2.48. The van der Waals surface area contributed by atoms with Gasteiger partial charge in [-0.1, -0.05) is 6.92 Å². The van der Waals surface area contributed by atoms with Crippen LogP contribution in [0, 0.1) is 17.8 Å². The van der Waals surface area contributed by atoms with E-state index in [1.165, 1.54) is 25.3 Å². The lowest BCUT2D eigenvalue weighted by Gasteiger charge is -2.39. The molecule has 4 bridgehead atoms. The molecule has 2 amide bonds. The van der Waals surface area contributed by atoms with E-state index >= 15 is 0 Å². The first-order chi connectivity index (χ1) is 12.0. The average molecular weight is 342 g/mol. The van der Waals surface area contributed by atoms with Crippen LogP contribution in [0.5, 0.6) is 5.75 Å². The van der Waals surface area contributed by atoms with Crippen molar-refractivity contribution in [2.75, 3.05) is 11.9 Å². The topological polar surface area (TPSA) is 69.6 Å². The molecule has 0 radical (unpaired) electrons. The number of phenols is 1. The number of carbonyl (C=O) groups is 2. The number of amides is 2. The van der Waals surface area contributed by atoms with Gasteiger partial charge in [0.1, 0.15) is 5.75 Å². The van der Waals surface area contributed by atoms with Crippen LogP contribution in [0.4, 0.5) is 5.69 Å². The number of carbonyl (C=O) groups excluding carboxylic acids is 2. The van der Waals surface area contributed by atoms with E-state index in [2.05, 4.69) is 5.32 Å². The number of rotatable bonds is 3. The maximum absolute atomic E-state index is 13.2. The molecule has 0 spiro atoms. The van der Waals surface area contributed by atoms with E-state index in [4.69, 9.17) is 0 Å². The summed E-state index contributed by atoms with van der Waals surface area (Å²) in [6.45, 7) is 2.59. The van der Waals surface area contributed by atoms with Gasteiger partial charge < -0.3 is 15.3 Å². The van der Waals surface area contributed by atoms with E-state index in [1.54, 1.807) is 19.1 Å². The Morgan fingerprint density at radius 2 is 1.80 bits per heavy atom. The molecule has 5 nitrogen and oxygen atoms in total. The molecule has 4 fully saturated rings. The highest BCUT2D eigenvalue weighted by molar-refractivity contribution is 5.99. The number of aromatic hydroxyl groups is 1. The molecule has 2 saturated heterocycles. The van der Waals surface area contributed by atoms with Crippen molar-refractivity contribution in [2.24, 2.45) is 17.8 Å². The number of benzene rings is 1. The van der Waals surface area contributed by atoms with E-state index in [0.717, 1.165) is 31.2 Å². The lowest BCUT2D eigenvalue weighted by atomic mass is 9.68. The lowest BCUT2D eigenvalue weighted by molar-refractivity contribution is -0.115. The van der Waals surface area contributed by atoms with Crippen LogP contribution in [0.15, 0.2) is 18.2 Å². The summed E-state index contributed by atoms with van der Waals surface area (Å²) < 4.78 is 0. The number of nitrogens with one attached hydrogen (secondary N) is 1. The lowest BCUT2D eigenvalue weighted by Crippen LogP contribution is -2.42. The van der Waals surface area contributed by atoms with E-state index in [1.807, 2.05) is 4.90 Å². The van der Waals surface area contributed by atoms with Crippen LogP contribution in [-0.2, 0) is 4.79 Å². The Labute approximate surface area is 148 Å². The van der Waals surface area contributed by atoms with Crippen molar-refractivity contribution in [3.05, 3.63) is 23.8 Å². The number of hydrogen-bond donors (Lipinski definition) is 2. The summed E-state index contributed by atoms with van der Waals surface area (Å²) in [5.74, 6) is 1.93. The molecule has 5 heteroatoms. The van der Waals surface area contributed by atoms with Crippen LogP contribution < -0.4 is 5.32 Å². The summed E-state index contributed by atoms with van der Waals surface area (Å²) in [6.07, 6.45) is 6.41. The number of fused-ring (bicyclic) bond motifs is 1. The van der Waals surface area contributed by atoms with Gasteiger partial charge in [-0.15, -0.1) is 0 Å². The minimum absolute atomic E-state index is 0.0107. The maximum atomic E-state index is 13.2. The largest absolute Gasteiger partial charge is 0.507 e. The van der Waals surface area contributed by atoms with Crippen molar-refractivity contribution in [3.8, 4) is 5.75 Å². The van der Waals surface area contributed by atoms with E-state index in [0.29, 0.717) is 29.6 Å². The Balaban J connectivity index is 1.60. The van der Waals surface area contributed by atoms with Crippen molar-refractivity contribution >= 4 is 17.5 Å². The van der Waals surface area contributed by atoms with Gasteiger partial charge in [0.05, 0.1) is 5.56 Å². The predicted molar refractivity (Wildman–Crippen MR) is 95.4 cm³/mol.